The van der Waals surface area contributed by atoms with Gasteiger partial charge in [0.1, 0.15) is 5.82 Å². The molecule has 0 spiro atoms. The molecule has 20 heavy (non-hydrogen) atoms. The van der Waals surface area contributed by atoms with Crippen LogP contribution in [-0.4, -0.2) is 41.6 Å². The van der Waals surface area contributed by atoms with E-state index >= 15 is 0 Å². The van der Waals surface area contributed by atoms with E-state index in [0.717, 1.165) is 38.4 Å². The predicted octanol–water partition coefficient (Wildman–Crippen LogP) is 1.84. The summed E-state index contributed by atoms with van der Waals surface area (Å²) in [6.07, 6.45) is 1.43. The summed E-state index contributed by atoms with van der Waals surface area (Å²) in [6, 6.07) is 0.394. The van der Waals surface area contributed by atoms with Gasteiger partial charge in [-0.25, -0.2) is 0 Å². The summed E-state index contributed by atoms with van der Waals surface area (Å²) in [6.45, 7) is 12.3. The highest BCUT2D eigenvalue weighted by molar-refractivity contribution is 5.51. The molecule has 5 nitrogen and oxygen atoms in total. The second-order valence-corrected chi connectivity index (χ2v) is 5.83. The van der Waals surface area contributed by atoms with Gasteiger partial charge in [-0.2, -0.15) is 5.10 Å². The lowest BCUT2D eigenvalue weighted by Gasteiger charge is -2.38. The molecule has 2 heterocycles. The Morgan fingerprint density at radius 3 is 2.85 bits per heavy atom. The summed E-state index contributed by atoms with van der Waals surface area (Å²) in [7, 11) is 2.04. The lowest BCUT2D eigenvalue weighted by atomic mass is 10.1. The molecular weight excluding hydrogens is 252 g/mol. The monoisotopic (exact) mass is 280 g/mol. The van der Waals surface area contributed by atoms with Crippen LogP contribution in [0.4, 0.5) is 5.82 Å². The number of aromatic nitrogens is 2. The van der Waals surface area contributed by atoms with Crippen molar-refractivity contribution < 1.29 is 4.74 Å². The lowest BCUT2D eigenvalue weighted by Crippen LogP contribution is -2.48. The van der Waals surface area contributed by atoms with E-state index < -0.39 is 0 Å². The Kier molecular flexibility index (Phi) is 5.05. The summed E-state index contributed by atoms with van der Waals surface area (Å²) in [4.78, 5) is 2.44. The Morgan fingerprint density at radius 2 is 2.15 bits per heavy atom. The van der Waals surface area contributed by atoms with Crippen molar-refractivity contribution in [1.82, 2.24) is 15.1 Å². The number of hydrogen-bond donors (Lipinski definition) is 1. The van der Waals surface area contributed by atoms with Crippen molar-refractivity contribution in [3.8, 4) is 0 Å². The third-order valence-corrected chi connectivity index (χ3v) is 3.92. The smallest absolute Gasteiger partial charge is 0.131 e. The van der Waals surface area contributed by atoms with Crippen molar-refractivity contribution in [2.24, 2.45) is 7.05 Å². The van der Waals surface area contributed by atoms with Crippen LogP contribution in [0.2, 0.25) is 0 Å². The number of ether oxygens (including phenoxy) is 1. The van der Waals surface area contributed by atoms with Gasteiger partial charge >= 0.3 is 0 Å². The van der Waals surface area contributed by atoms with Gasteiger partial charge in [0.15, 0.2) is 0 Å². The molecule has 1 aromatic heterocycles. The first-order valence-electron chi connectivity index (χ1n) is 7.66. The standard InChI is InChI=1S/C15H28N4O/c1-6-7-16-8-14-13(4)17-18(5)15(14)19-9-12(3)20-10-11(19)2/h11-12,16H,6-10H2,1-5H3. The van der Waals surface area contributed by atoms with Crippen molar-refractivity contribution in [1.29, 1.82) is 0 Å². The molecule has 2 unspecified atom stereocenters. The minimum atomic E-state index is 0.276. The van der Waals surface area contributed by atoms with Crippen LogP contribution in [0.25, 0.3) is 0 Å². The van der Waals surface area contributed by atoms with Crippen LogP contribution in [0.5, 0.6) is 0 Å². The average molecular weight is 280 g/mol. The van der Waals surface area contributed by atoms with Crippen LogP contribution in [0.1, 0.15) is 38.4 Å². The van der Waals surface area contributed by atoms with E-state index in [-0.39, 0.29) is 6.10 Å². The molecule has 2 rings (SSSR count). The van der Waals surface area contributed by atoms with Gasteiger partial charge in [-0.3, -0.25) is 4.68 Å². The summed E-state index contributed by atoms with van der Waals surface area (Å²) < 4.78 is 7.76. The van der Waals surface area contributed by atoms with E-state index in [1.165, 1.54) is 11.4 Å². The minimum absolute atomic E-state index is 0.276. The Hall–Kier alpha value is -1.07. The SMILES string of the molecule is CCCNCc1c(C)nn(C)c1N1CC(C)OCC1C. The van der Waals surface area contributed by atoms with Crippen LogP contribution < -0.4 is 10.2 Å². The molecule has 1 aromatic rings. The average Bonchev–Trinajstić information content (AvgIpc) is 2.68. The van der Waals surface area contributed by atoms with E-state index in [4.69, 9.17) is 4.74 Å². The van der Waals surface area contributed by atoms with Crippen molar-refractivity contribution in [3.63, 3.8) is 0 Å². The molecule has 1 aliphatic rings. The summed E-state index contributed by atoms with van der Waals surface area (Å²) in [5, 5.41) is 8.12. The van der Waals surface area contributed by atoms with Gasteiger partial charge in [0.2, 0.25) is 0 Å². The van der Waals surface area contributed by atoms with E-state index in [1.807, 2.05) is 11.7 Å². The van der Waals surface area contributed by atoms with E-state index in [9.17, 15) is 0 Å². The first-order chi connectivity index (χ1) is 9.54. The molecule has 1 fully saturated rings. The molecule has 1 N–H and O–H groups in total. The highest BCUT2D eigenvalue weighted by Gasteiger charge is 2.28. The molecule has 0 amide bonds. The highest BCUT2D eigenvalue weighted by atomic mass is 16.5. The molecule has 0 bridgehead atoms. The molecule has 5 heteroatoms. The van der Waals surface area contributed by atoms with E-state index in [2.05, 4.69) is 43.0 Å². The molecule has 114 valence electrons. The molecular formula is C15H28N4O. The number of rotatable bonds is 5. The van der Waals surface area contributed by atoms with Gasteiger partial charge < -0.3 is 15.0 Å². The second-order valence-electron chi connectivity index (χ2n) is 5.83. The largest absolute Gasteiger partial charge is 0.375 e. The van der Waals surface area contributed by atoms with Crippen molar-refractivity contribution in [2.45, 2.75) is 52.8 Å². The van der Waals surface area contributed by atoms with Gasteiger partial charge in [-0.15, -0.1) is 0 Å². The Morgan fingerprint density at radius 1 is 1.40 bits per heavy atom. The summed E-state index contributed by atoms with van der Waals surface area (Å²) in [5.74, 6) is 1.24. The fraction of sp³-hybridized carbons (Fsp3) is 0.800. The first kappa shape index (κ1) is 15.3. The van der Waals surface area contributed by atoms with Crippen LogP contribution in [-0.2, 0) is 18.3 Å². The molecule has 0 aliphatic carbocycles. The number of nitrogens with zero attached hydrogens (tertiary/aromatic N) is 3. The van der Waals surface area contributed by atoms with Crippen LogP contribution in [0, 0.1) is 6.92 Å². The first-order valence-corrected chi connectivity index (χ1v) is 7.66. The summed E-state index contributed by atoms with van der Waals surface area (Å²) in [5.41, 5.74) is 2.44. The van der Waals surface area contributed by atoms with Gasteiger partial charge in [0.05, 0.1) is 24.4 Å². The lowest BCUT2D eigenvalue weighted by molar-refractivity contribution is 0.0337. The van der Waals surface area contributed by atoms with Crippen LogP contribution in [0.3, 0.4) is 0 Å². The quantitative estimate of drug-likeness (QED) is 0.836. The third kappa shape index (κ3) is 3.15. The predicted molar refractivity (Wildman–Crippen MR) is 82.2 cm³/mol. The molecule has 1 saturated heterocycles. The van der Waals surface area contributed by atoms with Crippen LogP contribution in [0.15, 0.2) is 0 Å². The van der Waals surface area contributed by atoms with Crippen LogP contribution >= 0.6 is 0 Å². The van der Waals surface area contributed by atoms with Crippen molar-refractivity contribution >= 4 is 5.82 Å². The second kappa shape index (κ2) is 6.59. The molecule has 0 saturated carbocycles. The Labute approximate surface area is 122 Å². The highest BCUT2D eigenvalue weighted by Crippen LogP contribution is 2.27. The zero-order valence-corrected chi connectivity index (χ0v) is 13.4. The van der Waals surface area contributed by atoms with Crippen molar-refractivity contribution in [3.05, 3.63) is 11.3 Å². The fourth-order valence-electron chi connectivity index (χ4n) is 2.84. The Bertz CT molecular complexity index is 443. The zero-order valence-electron chi connectivity index (χ0n) is 13.4. The van der Waals surface area contributed by atoms with Gasteiger partial charge in [-0.1, -0.05) is 6.92 Å². The zero-order chi connectivity index (χ0) is 14.7. The van der Waals surface area contributed by atoms with E-state index in [1.54, 1.807) is 0 Å². The number of anilines is 1. The summed E-state index contributed by atoms with van der Waals surface area (Å²) >= 11 is 0. The molecule has 1 aliphatic heterocycles. The van der Waals surface area contributed by atoms with Gasteiger partial charge in [0.25, 0.3) is 0 Å². The van der Waals surface area contributed by atoms with E-state index in [0.29, 0.717) is 6.04 Å². The maximum atomic E-state index is 5.74. The maximum absolute atomic E-state index is 5.74. The molecule has 0 radical (unpaired) electrons. The minimum Gasteiger partial charge on any atom is -0.375 e. The fourth-order valence-corrected chi connectivity index (χ4v) is 2.84. The van der Waals surface area contributed by atoms with Gasteiger partial charge in [0, 0.05) is 25.7 Å². The number of morpholine rings is 1. The van der Waals surface area contributed by atoms with Gasteiger partial charge in [-0.05, 0) is 33.7 Å². The Balaban J connectivity index is 2.24. The normalized spacial score (nSPS) is 23.4. The molecule has 0 aromatic carbocycles. The maximum Gasteiger partial charge on any atom is 0.131 e. The number of hydrogen-bond acceptors (Lipinski definition) is 4. The van der Waals surface area contributed by atoms with Crippen molar-refractivity contribution in [2.75, 3.05) is 24.6 Å². The number of aryl methyl sites for hydroxylation is 2. The topological polar surface area (TPSA) is 42.3 Å². The molecule has 2 atom stereocenters. The third-order valence-electron chi connectivity index (χ3n) is 3.92. The number of nitrogens with one attached hydrogen (secondary N) is 1.